The Bertz CT molecular complexity index is 944. The molecule has 0 radical (unpaired) electrons. The third kappa shape index (κ3) is 4.84. The van der Waals surface area contributed by atoms with Crippen LogP contribution >= 0.6 is 0 Å². The maximum absolute atomic E-state index is 12.2. The highest BCUT2D eigenvalue weighted by atomic mass is 16.5. The average molecular weight is 397 g/mol. The van der Waals surface area contributed by atoms with E-state index in [1.54, 1.807) is 37.3 Å². The molecule has 2 aromatic rings. The van der Waals surface area contributed by atoms with Gasteiger partial charge in [-0.15, -0.1) is 0 Å². The molecule has 2 atom stereocenters. The van der Waals surface area contributed by atoms with Gasteiger partial charge in [0.2, 0.25) is 5.91 Å². The van der Waals surface area contributed by atoms with Gasteiger partial charge in [0, 0.05) is 0 Å². The van der Waals surface area contributed by atoms with Gasteiger partial charge < -0.3 is 14.8 Å². The second-order valence-electron chi connectivity index (χ2n) is 6.79. The summed E-state index contributed by atoms with van der Waals surface area (Å²) in [5.74, 6) is -0.401. The summed E-state index contributed by atoms with van der Waals surface area (Å²) in [6.07, 6.45) is -2.05. The van der Waals surface area contributed by atoms with E-state index >= 15 is 0 Å². The molecule has 0 bridgehead atoms. The van der Waals surface area contributed by atoms with Gasteiger partial charge in [0.05, 0.1) is 12.1 Å². The molecular weight excluding hydrogens is 374 g/mol. The minimum Gasteiger partial charge on any atom is -0.481 e. The molecule has 152 valence electrons. The van der Waals surface area contributed by atoms with Crippen LogP contribution < -0.4 is 25.6 Å². The molecule has 3 amide bonds. The molecule has 3 N–H and O–H groups in total. The molecule has 0 spiro atoms. The molecule has 3 rings (SSSR count). The molecule has 0 fully saturated rings. The summed E-state index contributed by atoms with van der Waals surface area (Å²) in [7, 11) is 0. The van der Waals surface area contributed by atoms with Crippen molar-refractivity contribution in [3.8, 4) is 11.5 Å². The molecule has 2 aromatic carbocycles. The number of hydrazine groups is 1. The fraction of sp³-hybridized carbons (Fsp3) is 0.286. The van der Waals surface area contributed by atoms with E-state index in [4.69, 9.17) is 9.47 Å². The van der Waals surface area contributed by atoms with Crippen molar-refractivity contribution in [2.24, 2.45) is 0 Å². The first-order valence-electron chi connectivity index (χ1n) is 9.23. The Morgan fingerprint density at radius 3 is 2.69 bits per heavy atom. The van der Waals surface area contributed by atoms with Crippen molar-refractivity contribution in [3.63, 3.8) is 0 Å². The van der Waals surface area contributed by atoms with Crippen LogP contribution in [0, 0.1) is 13.8 Å². The zero-order valence-electron chi connectivity index (χ0n) is 16.4. The molecule has 8 heteroatoms. The number of hydrogen-bond donors (Lipinski definition) is 3. The van der Waals surface area contributed by atoms with Crippen molar-refractivity contribution in [1.82, 2.24) is 10.9 Å². The minimum atomic E-state index is -0.981. The molecular formula is C21H23N3O5. The van der Waals surface area contributed by atoms with Gasteiger partial charge in [-0.2, -0.15) is 0 Å². The van der Waals surface area contributed by atoms with E-state index in [-0.39, 0.29) is 6.42 Å². The zero-order chi connectivity index (χ0) is 21.0. The fourth-order valence-electron chi connectivity index (χ4n) is 2.78. The van der Waals surface area contributed by atoms with Crippen LogP contribution in [0.4, 0.5) is 5.69 Å². The molecule has 1 aliphatic rings. The van der Waals surface area contributed by atoms with Crippen molar-refractivity contribution >= 4 is 23.4 Å². The number of carbonyl (C=O) groups excluding carboxylic acids is 3. The summed E-state index contributed by atoms with van der Waals surface area (Å²) in [5, 5.41) is 2.68. The highest BCUT2D eigenvalue weighted by molar-refractivity contribution is 6.00. The second-order valence-corrected chi connectivity index (χ2v) is 6.79. The van der Waals surface area contributed by atoms with Crippen molar-refractivity contribution in [1.29, 1.82) is 0 Å². The Labute approximate surface area is 168 Å². The molecule has 0 saturated heterocycles. The van der Waals surface area contributed by atoms with E-state index in [0.717, 1.165) is 11.1 Å². The average Bonchev–Trinajstić information content (AvgIpc) is 2.70. The Balaban J connectivity index is 1.49. The van der Waals surface area contributed by atoms with E-state index in [1.165, 1.54) is 0 Å². The summed E-state index contributed by atoms with van der Waals surface area (Å²) < 4.78 is 11.2. The summed E-state index contributed by atoms with van der Waals surface area (Å²) in [6, 6.07) is 12.5. The SMILES string of the molecule is Cc1cccc(O[C@H](C)C(=O)NNC(=O)C[C@H]2Oc3ccccc3NC2=O)c1C. The number of hydrogen-bond acceptors (Lipinski definition) is 5. The number of ether oxygens (including phenoxy) is 2. The van der Waals surface area contributed by atoms with E-state index in [1.807, 2.05) is 26.0 Å². The first kappa shape index (κ1) is 20.2. The quantitative estimate of drug-likeness (QED) is 0.670. The van der Waals surface area contributed by atoms with E-state index in [9.17, 15) is 14.4 Å². The highest BCUT2D eigenvalue weighted by Gasteiger charge is 2.29. The Morgan fingerprint density at radius 1 is 1.14 bits per heavy atom. The van der Waals surface area contributed by atoms with Gasteiger partial charge in [-0.3, -0.25) is 25.2 Å². The smallest absolute Gasteiger partial charge is 0.279 e. The molecule has 0 aromatic heterocycles. The number of carbonyl (C=O) groups is 3. The topological polar surface area (TPSA) is 106 Å². The summed E-state index contributed by atoms with van der Waals surface area (Å²) in [6.45, 7) is 5.44. The van der Waals surface area contributed by atoms with Gasteiger partial charge in [0.15, 0.2) is 12.2 Å². The number of aryl methyl sites for hydroxylation is 1. The molecule has 8 nitrogen and oxygen atoms in total. The zero-order valence-corrected chi connectivity index (χ0v) is 16.4. The summed E-state index contributed by atoms with van der Waals surface area (Å²) in [5.41, 5.74) is 7.15. The lowest BCUT2D eigenvalue weighted by Crippen LogP contribution is -2.49. The molecule has 1 aliphatic heterocycles. The minimum absolute atomic E-state index is 0.243. The second kappa shape index (κ2) is 8.64. The van der Waals surface area contributed by atoms with Crippen LogP contribution in [0.15, 0.2) is 42.5 Å². The number of rotatable bonds is 5. The first-order chi connectivity index (χ1) is 13.8. The van der Waals surface area contributed by atoms with Crippen LogP contribution in [-0.4, -0.2) is 29.9 Å². The van der Waals surface area contributed by atoms with E-state index < -0.39 is 29.9 Å². The first-order valence-corrected chi connectivity index (χ1v) is 9.23. The number of nitrogens with one attached hydrogen (secondary N) is 3. The molecule has 0 saturated carbocycles. The number of benzene rings is 2. The maximum atomic E-state index is 12.2. The maximum Gasteiger partial charge on any atom is 0.279 e. The summed E-state index contributed by atoms with van der Waals surface area (Å²) in [4.78, 5) is 36.4. The van der Waals surface area contributed by atoms with Gasteiger partial charge in [0.25, 0.3) is 11.8 Å². The molecule has 0 aliphatic carbocycles. The number of para-hydroxylation sites is 2. The van der Waals surface area contributed by atoms with Crippen molar-refractivity contribution < 1.29 is 23.9 Å². The number of anilines is 1. The van der Waals surface area contributed by atoms with Gasteiger partial charge in [-0.25, -0.2) is 0 Å². The van der Waals surface area contributed by atoms with Crippen LogP contribution in [0.3, 0.4) is 0 Å². The van der Waals surface area contributed by atoms with Crippen LogP contribution in [0.5, 0.6) is 11.5 Å². The Kier molecular flexibility index (Phi) is 6.01. The van der Waals surface area contributed by atoms with Crippen LogP contribution in [0.2, 0.25) is 0 Å². The van der Waals surface area contributed by atoms with Crippen LogP contribution in [-0.2, 0) is 14.4 Å². The monoisotopic (exact) mass is 397 g/mol. The van der Waals surface area contributed by atoms with Crippen LogP contribution in [0.1, 0.15) is 24.5 Å². The Morgan fingerprint density at radius 2 is 1.90 bits per heavy atom. The lowest BCUT2D eigenvalue weighted by Gasteiger charge is -2.25. The van der Waals surface area contributed by atoms with Gasteiger partial charge in [0.1, 0.15) is 11.5 Å². The lowest BCUT2D eigenvalue weighted by molar-refractivity contribution is -0.135. The van der Waals surface area contributed by atoms with Gasteiger partial charge in [-0.1, -0.05) is 24.3 Å². The largest absolute Gasteiger partial charge is 0.481 e. The van der Waals surface area contributed by atoms with E-state index in [0.29, 0.717) is 17.2 Å². The predicted octanol–water partition coefficient (Wildman–Crippen LogP) is 2.01. The molecule has 1 heterocycles. The highest BCUT2D eigenvalue weighted by Crippen LogP contribution is 2.29. The molecule has 29 heavy (non-hydrogen) atoms. The predicted molar refractivity (Wildman–Crippen MR) is 106 cm³/mol. The third-order valence-electron chi connectivity index (χ3n) is 4.63. The van der Waals surface area contributed by atoms with Crippen molar-refractivity contribution in [2.45, 2.75) is 39.4 Å². The van der Waals surface area contributed by atoms with Crippen molar-refractivity contribution in [2.75, 3.05) is 5.32 Å². The van der Waals surface area contributed by atoms with Crippen LogP contribution in [0.25, 0.3) is 0 Å². The number of fused-ring (bicyclic) bond motifs is 1. The normalized spacial score (nSPS) is 16.0. The Hall–Kier alpha value is -3.55. The van der Waals surface area contributed by atoms with Gasteiger partial charge >= 0.3 is 0 Å². The molecule has 0 unspecified atom stereocenters. The fourth-order valence-corrected chi connectivity index (χ4v) is 2.78. The lowest BCUT2D eigenvalue weighted by atomic mass is 10.1. The standard InChI is InChI=1S/C21H23N3O5/c1-12-7-6-10-16(13(12)2)28-14(3)20(26)24-23-19(25)11-18-21(27)22-15-8-4-5-9-17(15)29-18/h4-10,14,18H,11H2,1-3H3,(H,22,27)(H,23,25)(H,24,26)/t14-,18-/m1/s1. The number of amides is 3. The van der Waals surface area contributed by atoms with Gasteiger partial charge in [-0.05, 0) is 50.1 Å². The van der Waals surface area contributed by atoms with E-state index in [2.05, 4.69) is 16.2 Å². The third-order valence-corrected chi connectivity index (χ3v) is 4.63. The summed E-state index contributed by atoms with van der Waals surface area (Å²) >= 11 is 0. The van der Waals surface area contributed by atoms with Crippen molar-refractivity contribution in [3.05, 3.63) is 53.6 Å².